The van der Waals surface area contributed by atoms with Crippen LogP contribution in [0.5, 0.6) is 0 Å². The molecule has 0 aliphatic carbocycles. The van der Waals surface area contributed by atoms with Gasteiger partial charge in [-0.05, 0) is 69.0 Å². The molecule has 2 nitrogen and oxygen atoms in total. The highest BCUT2D eigenvalue weighted by Gasteiger charge is 2.04. The molecule has 2 heteroatoms. The Labute approximate surface area is 141 Å². The molecule has 0 unspecified atom stereocenters. The van der Waals surface area contributed by atoms with Gasteiger partial charge in [-0.15, -0.1) is 0 Å². The summed E-state index contributed by atoms with van der Waals surface area (Å²) in [6.45, 7) is 10.1. The average Bonchev–Trinajstić information content (AvgIpc) is 2.49. The van der Waals surface area contributed by atoms with Gasteiger partial charge in [0.1, 0.15) is 0 Å². The number of carbonyl (C=O) groups excluding carboxylic acids is 1. The van der Waals surface area contributed by atoms with E-state index in [1.807, 2.05) is 44.1 Å². The van der Waals surface area contributed by atoms with E-state index in [1.54, 1.807) is 6.92 Å². The van der Waals surface area contributed by atoms with Gasteiger partial charge in [0.25, 0.3) is 0 Å². The molecule has 0 bridgehead atoms. The van der Waals surface area contributed by atoms with Crippen molar-refractivity contribution in [3.8, 4) is 0 Å². The van der Waals surface area contributed by atoms with E-state index in [0.717, 1.165) is 23.2 Å². The number of hydrogen-bond acceptors (Lipinski definition) is 2. The zero-order chi connectivity index (χ0) is 17.6. The Balaban J connectivity index is 0.000000238. The fraction of sp³-hybridized carbons (Fsp3) is 0.381. The SMILES string of the molecule is CC(=O)c1ccc(N(C)C)c(C)c1.CCc1cc(C)ccc1C. The normalized spacial score (nSPS) is 9.87. The van der Waals surface area contributed by atoms with Gasteiger partial charge in [0.2, 0.25) is 0 Å². The van der Waals surface area contributed by atoms with Crippen LogP contribution in [0.2, 0.25) is 0 Å². The standard InChI is InChI=1S/C11H15NO.C10H14/c1-8-7-10(9(2)13)5-6-11(8)12(3)4;1-4-10-7-8(2)5-6-9(10)3/h5-7H,1-4H3;5-7H,4H2,1-3H3. The summed E-state index contributed by atoms with van der Waals surface area (Å²) in [4.78, 5) is 13.1. The lowest BCUT2D eigenvalue weighted by Gasteiger charge is -2.15. The van der Waals surface area contributed by atoms with Crippen molar-refractivity contribution in [3.63, 3.8) is 0 Å². The zero-order valence-electron chi connectivity index (χ0n) is 15.5. The highest BCUT2D eigenvalue weighted by Crippen LogP contribution is 2.19. The summed E-state index contributed by atoms with van der Waals surface area (Å²) in [6.07, 6.45) is 1.15. The van der Waals surface area contributed by atoms with Crippen LogP contribution in [0.4, 0.5) is 5.69 Å². The highest BCUT2D eigenvalue weighted by atomic mass is 16.1. The van der Waals surface area contributed by atoms with Crippen molar-refractivity contribution in [2.45, 2.75) is 41.0 Å². The lowest BCUT2D eigenvalue weighted by Crippen LogP contribution is -2.10. The average molecular weight is 311 g/mol. The maximum Gasteiger partial charge on any atom is 0.159 e. The molecular formula is C21H29NO. The summed E-state index contributed by atoms with van der Waals surface area (Å²) in [7, 11) is 3.99. The van der Waals surface area contributed by atoms with Crippen LogP contribution in [0.3, 0.4) is 0 Å². The van der Waals surface area contributed by atoms with Crippen LogP contribution in [0.25, 0.3) is 0 Å². The Morgan fingerprint density at radius 3 is 2.04 bits per heavy atom. The van der Waals surface area contributed by atoms with Gasteiger partial charge >= 0.3 is 0 Å². The summed E-state index contributed by atoms with van der Waals surface area (Å²) < 4.78 is 0. The molecule has 0 heterocycles. The molecule has 0 aliphatic rings. The first-order chi connectivity index (χ1) is 10.8. The summed E-state index contributed by atoms with van der Waals surface area (Å²) in [5, 5.41) is 0. The van der Waals surface area contributed by atoms with Crippen LogP contribution >= 0.6 is 0 Å². The highest BCUT2D eigenvalue weighted by molar-refractivity contribution is 5.94. The van der Waals surface area contributed by atoms with Gasteiger partial charge in [-0.1, -0.05) is 30.7 Å². The van der Waals surface area contributed by atoms with E-state index in [1.165, 1.54) is 16.7 Å². The van der Waals surface area contributed by atoms with Gasteiger partial charge in [-0.25, -0.2) is 0 Å². The molecule has 0 atom stereocenters. The van der Waals surface area contributed by atoms with Gasteiger partial charge in [-0.3, -0.25) is 4.79 Å². The minimum absolute atomic E-state index is 0.119. The molecule has 124 valence electrons. The second-order valence-electron chi connectivity index (χ2n) is 6.24. The molecular weight excluding hydrogens is 282 g/mol. The predicted octanol–water partition coefficient (Wildman–Crippen LogP) is 5.13. The Morgan fingerprint density at radius 1 is 0.957 bits per heavy atom. The molecule has 2 aromatic carbocycles. The number of rotatable bonds is 3. The molecule has 23 heavy (non-hydrogen) atoms. The van der Waals surface area contributed by atoms with Crippen LogP contribution in [0.15, 0.2) is 36.4 Å². The summed E-state index contributed by atoms with van der Waals surface area (Å²) in [5.74, 6) is 0.119. The van der Waals surface area contributed by atoms with Crippen molar-refractivity contribution >= 4 is 11.5 Å². The van der Waals surface area contributed by atoms with E-state index in [4.69, 9.17) is 0 Å². The largest absolute Gasteiger partial charge is 0.377 e. The number of nitrogens with zero attached hydrogens (tertiary/aromatic N) is 1. The summed E-state index contributed by atoms with van der Waals surface area (Å²) in [5.41, 5.74) is 7.32. The third kappa shape index (κ3) is 5.55. The van der Waals surface area contributed by atoms with E-state index in [0.29, 0.717) is 0 Å². The molecule has 0 saturated carbocycles. The number of anilines is 1. The Morgan fingerprint density at radius 2 is 1.61 bits per heavy atom. The Kier molecular flexibility index (Phi) is 7.02. The monoisotopic (exact) mass is 311 g/mol. The van der Waals surface area contributed by atoms with Crippen molar-refractivity contribution in [2.75, 3.05) is 19.0 Å². The Hall–Kier alpha value is -2.09. The molecule has 2 aromatic rings. The van der Waals surface area contributed by atoms with Crippen LogP contribution in [-0.2, 0) is 6.42 Å². The maximum atomic E-state index is 11.1. The van der Waals surface area contributed by atoms with Gasteiger partial charge in [0.15, 0.2) is 5.78 Å². The van der Waals surface area contributed by atoms with Crippen molar-refractivity contribution in [1.82, 2.24) is 0 Å². The van der Waals surface area contributed by atoms with E-state index in [9.17, 15) is 4.79 Å². The van der Waals surface area contributed by atoms with Crippen molar-refractivity contribution in [1.29, 1.82) is 0 Å². The molecule has 0 aromatic heterocycles. The quantitative estimate of drug-likeness (QED) is 0.732. The fourth-order valence-corrected chi connectivity index (χ4v) is 2.56. The van der Waals surface area contributed by atoms with Crippen molar-refractivity contribution in [3.05, 3.63) is 64.2 Å². The second kappa shape index (κ2) is 8.52. The molecule has 0 radical (unpaired) electrons. The van der Waals surface area contributed by atoms with E-state index < -0.39 is 0 Å². The first-order valence-corrected chi connectivity index (χ1v) is 8.11. The smallest absolute Gasteiger partial charge is 0.159 e. The third-order valence-corrected chi connectivity index (χ3v) is 3.97. The molecule has 0 aliphatic heterocycles. The van der Waals surface area contributed by atoms with Crippen molar-refractivity contribution in [2.24, 2.45) is 0 Å². The number of Topliss-reactive ketones (excluding diaryl/α,β-unsaturated/α-hetero) is 1. The van der Waals surface area contributed by atoms with Gasteiger partial charge in [0.05, 0.1) is 0 Å². The van der Waals surface area contributed by atoms with Gasteiger partial charge in [0, 0.05) is 25.3 Å². The fourth-order valence-electron chi connectivity index (χ4n) is 2.56. The maximum absolute atomic E-state index is 11.1. The zero-order valence-corrected chi connectivity index (χ0v) is 15.5. The lowest BCUT2D eigenvalue weighted by molar-refractivity contribution is 0.101. The van der Waals surface area contributed by atoms with E-state index >= 15 is 0 Å². The number of hydrogen-bond donors (Lipinski definition) is 0. The molecule has 2 rings (SSSR count). The molecule has 0 amide bonds. The van der Waals surface area contributed by atoms with E-state index in [2.05, 4.69) is 39.0 Å². The number of aryl methyl sites for hydroxylation is 4. The first-order valence-electron chi connectivity index (χ1n) is 8.11. The molecule has 0 spiro atoms. The Bertz CT molecular complexity index is 672. The van der Waals surface area contributed by atoms with Crippen LogP contribution in [-0.4, -0.2) is 19.9 Å². The van der Waals surface area contributed by atoms with Crippen LogP contribution in [0.1, 0.15) is 46.5 Å². The number of ketones is 1. The number of benzene rings is 2. The lowest BCUT2D eigenvalue weighted by atomic mass is 10.0. The minimum atomic E-state index is 0.119. The predicted molar refractivity (Wildman–Crippen MR) is 101 cm³/mol. The molecule has 0 N–H and O–H groups in total. The van der Waals surface area contributed by atoms with Crippen molar-refractivity contribution < 1.29 is 4.79 Å². The van der Waals surface area contributed by atoms with E-state index in [-0.39, 0.29) is 5.78 Å². The van der Waals surface area contributed by atoms with Crippen LogP contribution in [0, 0.1) is 20.8 Å². The molecule has 0 saturated heterocycles. The van der Waals surface area contributed by atoms with Gasteiger partial charge in [-0.2, -0.15) is 0 Å². The topological polar surface area (TPSA) is 20.3 Å². The first kappa shape index (κ1) is 19.0. The van der Waals surface area contributed by atoms with Crippen LogP contribution < -0.4 is 4.90 Å². The minimum Gasteiger partial charge on any atom is -0.377 e. The third-order valence-electron chi connectivity index (χ3n) is 3.97. The second-order valence-corrected chi connectivity index (χ2v) is 6.24. The van der Waals surface area contributed by atoms with Gasteiger partial charge < -0.3 is 4.90 Å². The summed E-state index contributed by atoms with van der Waals surface area (Å²) in [6, 6.07) is 12.4. The molecule has 0 fully saturated rings. The summed E-state index contributed by atoms with van der Waals surface area (Å²) >= 11 is 0. The number of carbonyl (C=O) groups is 1.